The van der Waals surface area contributed by atoms with Crippen molar-refractivity contribution >= 4 is 39.2 Å². The number of nitrogens with two attached hydrogens (primary N) is 1. The highest BCUT2D eigenvalue weighted by Gasteiger charge is 2.05. The van der Waals surface area contributed by atoms with Crippen LogP contribution in [0.4, 0.5) is 10.5 Å². The van der Waals surface area contributed by atoms with Crippen LogP contribution >= 0.6 is 27.5 Å². The molecule has 2 amide bonds. The Bertz CT molecular complexity index is 354. The lowest BCUT2D eigenvalue weighted by Crippen LogP contribution is -2.19. The number of hydrogen-bond acceptors (Lipinski definition) is 1. The Balaban J connectivity index is 3.08. The van der Waals surface area contributed by atoms with Crippen molar-refractivity contribution in [2.75, 3.05) is 5.32 Å². The van der Waals surface area contributed by atoms with Crippen LogP contribution in [0, 0.1) is 6.92 Å². The molecule has 0 saturated heterocycles. The van der Waals surface area contributed by atoms with Crippen LogP contribution in [-0.4, -0.2) is 6.03 Å². The zero-order valence-corrected chi connectivity index (χ0v) is 9.24. The number of halogens is 2. The van der Waals surface area contributed by atoms with Gasteiger partial charge in [0.15, 0.2) is 0 Å². The third-order valence-electron chi connectivity index (χ3n) is 1.51. The van der Waals surface area contributed by atoms with E-state index in [9.17, 15) is 4.79 Å². The van der Waals surface area contributed by atoms with Gasteiger partial charge in [-0.3, -0.25) is 0 Å². The van der Waals surface area contributed by atoms with Crippen molar-refractivity contribution < 1.29 is 4.79 Å². The van der Waals surface area contributed by atoms with E-state index in [1.54, 1.807) is 6.07 Å². The zero-order chi connectivity index (χ0) is 10.0. The summed E-state index contributed by atoms with van der Waals surface area (Å²) in [7, 11) is 0. The summed E-state index contributed by atoms with van der Waals surface area (Å²) in [6, 6.07) is 2.85. The lowest BCUT2D eigenvalue weighted by Gasteiger charge is -2.06. The van der Waals surface area contributed by atoms with Crippen molar-refractivity contribution in [1.82, 2.24) is 0 Å². The first-order chi connectivity index (χ1) is 6.00. The molecule has 1 aromatic rings. The van der Waals surface area contributed by atoms with Crippen molar-refractivity contribution in [3.63, 3.8) is 0 Å². The quantitative estimate of drug-likeness (QED) is 0.804. The number of primary amides is 1. The normalized spacial score (nSPS) is 9.77. The molecular formula is C8H8BrClN2O. The maximum atomic E-state index is 10.6. The number of carbonyl (C=O) groups is 1. The number of benzene rings is 1. The molecule has 3 N–H and O–H groups in total. The van der Waals surface area contributed by atoms with Gasteiger partial charge in [0.05, 0.1) is 5.69 Å². The summed E-state index contributed by atoms with van der Waals surface area (Å²) in [5.74, 6) is 0. The molecule has 1 rings (SSSR count). The zero-order valence-electron chi connectivity index (χ0n) is 6.90. The van der Waals surface area contributed by atoms with Crippen LogP contribution in [0.2, 0.25) is 5.02 Å². The number of nitrogens with one attached hydrogen (secondary N) is 1. The predicted molar refractivity (Wildman–Crippen MR) is 57.1 cm³/mol. The van der Waals surface area contributed by atoms with E-state index < -0.39 is 6.03 Å². The van der Waals surface area contributed by atoms with Gasteiger partial charge in [-0.05, 0) is 40.5 Å². The first-order valence-electron chi connectivity index (χ1n) is 3.53. The molecule has 0 fully saturated rings. The van der Waals surface area contributed by atoms with Crippen molar-refractivity contribution in [3.8, 4) is 0 Å². The standard InChI is InChI=1S/C8H8BrClN2O/c1-4-2-5(9)7(3-6(4)10)12-8(11)13/h2-3H,1H3,(H3,11,12,13). The average Bonchev–Trinajstić information content (AvgIpc) is 1.99. The average molecular weight is 264 g/mol. The Kier molecular flexibility index (Phi) is 3.17. The van der Waals surface area contributed by atoms with Crippen LogP contribution in [0.5, 0.6) is 0 Å². The molecule has 70 valence electrons. The van der Waals surface area contributed by atoms with Gasteiger partial charge in [0.2, 0.25) is 0 Å². The van der Waals surface area contributed by atoms with Crippen molar-refractivity contribution in [1.29, 1.82) is 0 Å². The minimum atomic E-state index is -0.611. The van der Waals surface area contributed by atoms with E-state index in [1.807, 2.05) is 13.0 Å². The number of aryl methyl sites for hydroxylation is 1. The fraction of sp³-hybridized carbons (Fsp3) is 0.125. The van der Waals surface area contributed by atoms with Crippen molar-refractivity contribution in [2.24, 2.45) is 5.73 Å². The molecule has 0 saturated carbocycles. The van der Waals surface area contributed by atoms with E-state index in [-0.39, 0.29) is 0 Å². The SMILES string of the molecule is Cc1cc(Br)c(NC(N)=O)cc1Cl. The summed E-state index contributed by atoms with van der Waals surface area (Å²) in [6.45, 7) is 1.88. The van der Waals surface area contributed by atoms with Gasteiger partial charge >= 0.3 is 6.03 Å². The fourth-order valence-corrected chi connectivity index (χ4v) is 1.60. The third kappa shape index (κ3) is 2.60. The van der Waals surface area contributed by atoms with Crippen LogP contribution in [0.25, 0.3) is 0 Å². The maximum Gasteiger partial charge on any atom is 0.316 e. The summed E-state index contributed by atoms with van der Waals surface area (Å²) in [6.07, 6.45) is 0. The number of carbonyl (C=O) groups excluding carboxylic acids is 1. The highest BCUT2D eigenvalue weighted by Crippen LogP contribution is 2.28. The highest BCUT2D eigenvalue weighted by molar-refractivity contribution is 9.10. The molecule has 0 aliphatic carbocycles. The van der Waals surface area contributed by atoms with Crippen LogP contribution in [0.3, 0.4) is 0 Å². The second-order valence-corrected chi connectivity index (χ2v) is 3.83. The molecule has 0 atom stereocenters. The summed E-state index contributed by atoms with van der Waals surface area (Å²) < 4.78 is 0.758. The second-order valence-electron chi connectivity index (χ2n) is 2.57. The van der Waals surface area contributed by atoms with Crippen LogP contribution in [0.15, 0.2) is 16.6 Å². The lowest BCUT2D eigenvalue weighted by molar-refractivity contribution is 0.259. The van der Waals surface area contributed by atoms with E-state index >= 15 is 0 Å². The Morgan fingerprint density at radius 2 is 2.23 bits per heavy atom. The monoisotopic (exact) mass is 262 g/mol. The first-order valence-corrected chi connectivity index (χ1v) is 4.70. The second kappa shape index (κ2) is 3.98. The number of rotatable bonds is 1. The van der Waals surface area contributed by atoms with E-state index in [4.69, 9.17) is 17.3 Å². The molecule has 0 aliphatic heterocycles. The minimum Gasteiger partial charge on any atom is -0.351 e. The van der Waals surface area contributed by atoms with Crippen LogP contribution < -0.4 is 11.1 Å². The molecule has 13 heavy (non-hydrogen) atoms. The van der Waals surface area contributed by atoms with Gasteiger partial charge in [-0.2, -0.15) is 0 Å². The summed E-state index contributed by atoms with van der Waals surface area (Å²) >= 11 is 9.14. The van der Waals surface area contributed by atoms with Crippen LogP contribution in [0.1, 0.15) is 5.56 Å². The molecule has 5 heteroatoms. The Hall–Kier alpha value is -0.740. The first kappa shape index (κ1) is 10.3. The molecule has 0 heterocycles. The number of hydrogen-bond donors (Lipinski definition) is 2. The van der Waals surface area contributed by atoms with Gasteiger partial charge in [-0.15, -0.1) is 0 Å². The largest absolute Gasteiger partial charge is 0.351 e. The summed E-state index contributed by atoms with van der Waals surface area (Å²) in [5.41, 5.74) is 6.47. The molecule has 0 spiro atoms. The molecule has 0 radical (unpaired) electrons. The number of urea groups is 1. The molecular weight excluding hydrogens is 255 g/mol. The van der Waals surface area contributed by atoms with Gasteiger partial charge in [0.1, 0.15) is 0 Å². The van der Waals surface area contributed by atoms with Crippen LogP contribution in [-0.2, 0) is 0 Å². The highest BCUT2D eigenvalue weighted by atomic mass is 79.9. The summed E-state index contributed by atoms with van der Waals surface area (Å²) in [4.78, 5) is 10.6. The van der Waals surface area contributed by atoms with Gasteiger partial charge in [-0.25, -0.2) is 4.79 Å². The minimum absolute atomic E-state index is 0.572. The fourth-order valence-electron chi connectivity index (χ4n) is 0.875. The molecule has 3 nitrogen and oxygen atoms in total. The van der Waals surface area contributed by atoms with Gasteiger partial charge in [0, 0.05) is 9.50 Å². The predicted octanol–water partition coefficient (Wildman–Crippen LogP) is 2.90. The molecule has 1 aromatic carbocycles. The Labute approximate surface area is 89.4 Å². The maximum absolute atomic E-state index is 10.6. The third-order valence-corrected chi connectivity index (χ3v) is 2.57. The number of anilines is 1. The summed E-state index contributed by atoms with van der Waals surface area (Å²) in [5, 5.41) is 3.04. The van der Waals surface area contributed by atoms with Gasteiger partial charge in [0.25, 0.3) is 0 Å². The van der Waals surface area contributed by atoms with Crippen molar-refractivity contribution in [3.05, 3.63) is 27.2 Å². The molecule has 0 aliphatic rings. The van der Waals surface area contributed by atoms with E-state index in [0.717, 1.165) is 10.0 Å². The topological polar surface area (TPSA) is 55.1 Å². The van der Waals surface area contributed by atoms with Gasteiger partial charge < -0.3 is 11.1 Å². The van der Waals surface area contributed by atoms with E-state index in [2.05, 4.69) is 21.2 Å². The Morgan fingerprint density at radius 3 is 2.77 bits per heavy atom. The Morgan fingerprint density at radius 1 is 1.62 bits per heavy atom. The molecule has 0 bridgehead atoms. The number of amides is 2. The molecule has 0 aromatic heterocycles. The van der Waals surface area contributed by atoms with E-state index in [0.29, 0.717) is 10.7 Å². The lowest BCUT2D eigenvalue weighted by atomic mass is 10.2. The van der Waals surface area contributed by atoms with E-state index in [1.165, 1.54) is 0 Å². The van der Waals surface area contributed by atoms with Gasteiger partial charge in [-0.1, -0.05) is 11.6 Å². The smallest absolute Gasteiger partial charge is 0.316 e. The van der Waals surface area contributed by atoms with Crippen molar-refractivity contribution in [2.45, 2.75) is 6.92 Å². The molecule has 0 unspecified atom stereocenters.